The number of methoxy groups -OCH3 is 1. The summed E-state index contributed by atoms with van der Waals surface area (Å²) in [5, 5.41) is 0. The van der Waals surface area contributed by atoms with Gasteiger partial charge in [-0.2, -0.15) is 0 Å². The summed E-state index contributed by atoms with van der Waals surface area (Å²) in [6, 6.07) is 15.2. The van der Waals surface area contributed by atoms with Crippen molar-refractivity contribution < 1.29 is 14.3 Å². The molecule has 3 aromatic rings. The average molecular weight is 439 g/mol. The summed E-state index contributed by atoms with van der Waals surface area (Å²) in [5.41, 5.74) is 1.69. The molecule has 1 aliphatic rings. The second-order valence-corrected chi connectivity index (χ2v) is 9.04. The van der Waals surface area contributed by atoms with Crippen LogP contribution in [-0.4, -0.2) is 24.2 Å². The second-order valence-electron chi connectivity index (χ2n) is 8.05. The molecule has 1 unspecified atom stereocenters. The first kappa shape index (κ1) is 21.2. The van der Waals surface area contributed by atoms with Crippen molar-refractivity contribution in [3.05, 3.63) is 68.6 Å². The molecule has 0 radical (unpaired) electrons. The zero-order chi connectivity index (χ0) is 22.1. The highest BCUT2D eigenvalue weighted by atomic mass is 32.1. The molecule has 0 bridgehead atoms. The molecule has 0 N–H and O–H groups in total. The van der Waals surface area contributed by atoms with E-state index in [1.807, 2.05) is 48.5 Å². The highest BCUT2D eigenvalue weighted by molar-refractivity contribution is 7.10. The number of benzene rings is 2. The van der Waals surface area contributed by atoms with Gasteiger partial charge in [-0.25, -0.2) is 0 Å². The normalized spacial score (nSPS) is 15.8. The molecule has 0 aliphatic carbocycles. The van der Waals surface area contributed by atoms with Crippen molar-refractivity contribution in [2.24, 2.45) is 13.0 Å². The van der Waals surface area contributed by atoms with E-state index in [1.54, 1.807) is 23.6 Å². The SMILES string of the molecule is COc1cc(C2CC(=O)N(c3ccccc3)c3c2sc(=O)n3C)ccc1OCC(C)C. The molecule has 0 fully saturated rings. The molecular formula is C24H26N2O4S. The quantitative estimate of drug-likeness (QED) is 0.560. The lowest BCUT2D eigenvalue weighted by Crippen LogP contribution is -2.34. The maximum Gasteiger partial charge on any atom is 0.308 e. The van der Waals surface area contributed by atoms with Gasteiger partial charge in [-0.15, -0.1) is 0 Å². The molecule has 1 aliphatic heterocycles. The van der Waals surface area contributed by atoms with Gasteiger partial charge in [0.1, 0.15) is 5.82 Å². The van der Waals surface area contributed by atoms with Gasteiger partial charge in [0.25, 0.3) is 0 Å². The van der Waals surface area contributed by atoms with Crippen molar-refractivity contribution in [2.75, 3.05) is 18.6 Å². The Hall–Kier alpha value is -3.06. The number of anilines is 2. The van der Waals surface area contributed by atoms with Crippen LogP contribution >= 0.6 is 11.3 Å². The van der Waals surface area contributed by atoms with Crippen LogP contribution in [0.15, 0.2) is 53.3 Å². The maximum atomic E-state index is 13.3. The van der Waals surface area contributed by atoms with Crippen LogP contribution in [0, 0.1) is 5.92 Å². The van der Waals surface area contributed by atoms with Crippen molar-refractivity contribution in [1.29, 1.82) is 0 Å². The topological polar surface area (TPSA) is 60.8 Å². The fourth-order valence-electron chi connectivity index (χ4n) is 3.81. The Labute approximate surface area is 185 Å². The summed E-state index contributed by atoms with van der Waals surface area (Å²) in [6.07, 6.45) is 0.275. The number of hydrogen-bond donors (Lipinski definition) is 0. The second kappa shape index (κ2) is 8.59. The van der Waals surface area contributed by atoms with E-state index in [4.69, 9.17) is 9.47 Å². The number of nitrogens with zero attached hydrogens (tertiary/aromatic N) is 2. The molecule has 162 valence electrons. The number of fused-ring (bicyclic) bond motifs is 1. The summed E-state index contributed by atoms with van der Waals surface area (Å²) >= 11 is 1.19. The highest BCUT2D eigenvalue weighted by Crippen LogP contribution is 2.45. The average Bonchev–Trinajstić information content (AvgIpc) is 3.06. The van der Waals surface area contributed by atoms with E-state index in [0.717, 1.165) is 16.1 Å². The van der Waals surface area contributed by atoms with E-state index in [0.29, 0.717) is 29.8 Å². The van der Waals surface area contributed by atoms with E-state index < -0.39 is 0 Å². The number of rotatable bonds is 6. The van der Waals surface area contributed by atoms with Gasteiger partial charge in [0, 0.05) is 19.4 Å². The molecule has 0 spiro atoms. The Bertz CT molecular complexity index is 1150. The largest absolute Gasteiger partial charge is 0.493 e. The van der Waals surface area contributed by atoms with Crippen molar-refractivity contribution in [2.45, 2.75) is 26.2 Å². The van der Waals surface area contributed by atoms with E-state index in [1.165, 1.54) is 11.3 Å². The molecule has 4 rings (SSSR count). The Morgan fingerprint density at radius 2 is 1.84 bits per heavy atom. The van der Waals surface area contributed by atoms with Crippen LogP contribution in [0.5, 0.6) is 11.5 Å². The summed E-state index contributed by atoms with van der Waals surface area (Å²) in [4.78, 5) is 28.3. The molecule has 31 heavy (non-hydrogen) atoms. The van der Waals surface area contributed by atoms with Crippen LogP contribution < -0.4 is 19.2 Å². The first-order chi connectivity index (χ1) is 14.9. The van der Waals surface area contributed by atoms with E-state index in [9.17, 15) is 9.59 Å². The molecule has 1 atom stereocenters. The van der Waals surface area contributed by atoms with Gasteiger partial charge < -0.3 is 9.47 Å². The third-order valence-corrected chi connectivity index (χ3v) is 6.48. The molecule has 7 heteroatoms. The van der Waals surface area contributed by atoms with Crippen LogP contribution in [0.4, 0.5) is 11.5 Å². The van der Waals surface area contributed by atoms with E-state index in [2.05, 4.69) is 13.8 Å². The van der Waals surface area contributed by atoms with Crippen molar-refractivity contribution in [3.8, 4) is 11.5 Å². The van der Waals surface area contributed by atoms with Gasteiger partial charge in [-0.05, 0) is 35.7 Å². The van der Waals surface area contributed by atoms with Crippen molar-refractivity contribution in [1.82, 2.24) is 4.57 Å². The standard InChI is InChI=1S/C24H26N2O4S/c1-15(2)14-30-19-11-10-16(12-20(19)29-4)18-13-21(27)26(17-8-6-5-7-9-17)23-22(18)31-24(28)25(23)3/h5-12,15,18H,13-14H2,1-4H3. The third-order valence-electron chi connectivity index (χ3n) is 5.34. The minimum atomic E-state index is -0.214. The van der Waals surface area contributed by atoms with Gasteiger partial charge in [0.2, 0.25) is 5.91 Å². The fraction of sp³-hybridized carbons (Fsp3) is 0.333. The number of carbonyl (C=O) groups excluding carboxylic acids is 1. The number of carbonyl (C=O) groups is 1. The molecule has 2 heterocycles. The Morgan fingerprint density at radius 1 is 1.10 bits per heavy atom. The smallest absolute Gasteiger partial charge is 0.308 e. The third kappa shape index (κ3) is 3.97. The lowest BCUT2D eigenvalue weighted by atomic mass is 9.90. The zero-order valence-corrected chi connectivity index (χ0v) is 18.9. The molecule has 1 amide bonds. The fourth-order valence-corrected chi connectivity index (χ4v) is 4.91. The number of aromatic nitrogens is 1. The number of hydrogen-bond acceptors (Lipinski definition) is 5. The predicted octanol–water partition coefficient (Wildman–Crippen LogP) is 4.69. The Balaban J connectivity index is 1.77. The van der Waals surface area contributed by atoms with E-state index >= 15 is 0 Å². The lowest BCUT2D eigenvalue weighted by Gasteiger charge is -2.32. The van der Waals surface area contributed by atoms with Gasteiger partial charge in [0.15, 0.2) is 11.5 Å². The van der Waals surface area contributed by atoms with Gasteiger partial charge in [-0.1, -0.05) is 49.4 Å². The number of para-hydroxylation sites is 1. The maximum absolute atomic E-state index is 13.3. The summed E-state index contributed by atoms with van der Waals surface area (Å²) in [7, 11) is 3.32. The van der Waals surface area contributed by atoms with Gasteiger partial charge in [-0.3, -0.25) is 19.1 Å². The van der Waals surface area contributed by atoms with Gasteiger partial charge >= 0.3 is 4.87 Å². The molecule has 2 aromatic carbocycles. The zero-order valence-electron chi connectivity index (χ0n) is 18.1. The van der Waals surface area contributed by atoms with Crippen LogP contribution in [0.25, 0.3) is 0 Å². The summed E-state index contributed by atoms with van der Waals surface area (Å²) in [5.74, 6) is 2.08. The first-order valence-electron chi connectivity index (χ1n) is 10.3. The highest BCUT2D eigenvalue weighted by Gasteiger charge is 2.37. The molecule has 0 saturated heterocycles. The number of amides is 1. The summed E-state index contributed by atoms with van der Waals surface area (Å²) < 4.78 is 13.0. The van der Waals surface area contributed by atoms with Crippen LogP contribution in [-0.2, 0) is 11.8 Å². The van der Waals surface area contributed by atoms with Crippen molar-refractivity contribution >= 4 is 28.7 Å². The van der Waals surface area contributed by atoms with Gasteiger partial charge in [0.05, 0.1) is 24.3 Å². The first-order valence-corrected chi connectivity index (χ1v) is 11.1. The molecule has 1 aromatic heterocycles. The molecule has 0 saturated carbocycles. The molecular weight excluding hydrogens is 412 g/mol. The molecule has 6 nitrogen and oxygen atoms in total. The number of ether oxygens (including phenoxy) is 2. The minimum absolute atomic E-state index is 0.0452. The van der Waals surface area contributed by atoms with Crippen LogP contribution in [0.2, 0.25) is 0 Å². The van der Waals surface area contributed by atoms with Crippen molar-refractivity contribution in [3.63, 3.8) is 0 Å². The predicted molar refractivity (Wildman–Crippen MR) is 123 cm³/mol. The minimum Gasteiger partial charge on any atom is -0.493 e. The monoisotopic (exact) mass is 438 g/mol. The Kier molecular flexibility index (Phi) is 5.87. The number of thiazole rings is 1. The van der Waals surface area contributed by atoms with E-state index in [-0.39, 0.29) is 23.1 Å². The Morgan fingerprint density at radius 3 is 2.52 bits per heavy atom. The van der Waals surface area contributed by atoms with Crippen LogP contribution in [0.1, 0.15) is 36.6 Å². The lowest BCUT2D eigenvalue weighted by molar-refractivity contribution is -0.118. The summed E-state index contributed by atoms with van der Waals surface area (Å²) in [6.45, 7) is 4.77. The van der Waals surface area contributed by atoms with Crippen LogP contribution in [0.3, 0.4) is 0 Å².